The van der Waals surface area contributed by atoms with Gasteiger partial charge >= 0.3 is 0 Å². The Balaban J connectivity index is 1.26. The van der Waals surface area contributed by atoms with Crippen LogP contribution >= 0.6 is 0 Å². The van der Waals surface area contributed by atoms with Gasteiger partial charge in [0.25, 0.3) is 5.91 Å². The highest BCUT2D eigenvalue weighted by atomic mass is 16.5. The molecule has 5 heteroatoms. The molecule has 1 saturated heterocycles. The average molecular weight is 429 g/mol. The van der Waals surface area contributed by atoms with Crippen LogP contribution in [0.3, 0.4) is 0 Å². The summed E-state index contributed by atoms with van der Waals surface area (Å²) in [5, 5.41) is 3.11. The van der Waals surface area contributed by atoms with Gasteiger partial charge in [-0.1, -0.05) is 54.6 Å². The van der Waals surface area contributed by atoms with Crippen LogP contribution in [0.4, 0.5) is 0 Å². The third kappa shape index (κ3) is 5.35. The summed E-state index contributed by atoms with van der Waals surface area (Å²) >= 11 is 0. The Hall–Kier alpha value is -3.60. The third-order valence-corrected chi connectivity index (χ3v) is 5.91. The van der Waals surface area contributed by atoms with Crippen molar-refractivity contribution in [2.24, 2.45) is 0 Å². The van der Waals surface area contributed by atoms with Crippen molar-refractivity contribution in [3.8, 4) is 16.9 Å². The van der Waals surface area contributed by atoms with Gasteiger partial charge in [0.1, 0.15) is 5.75 Å². The van der Waals surface area contributed by atoms with Crippen molar-refractivity contribution in [3.63, 3.8) is 0 Å². The molecule has 0 atom stereocenters. The van der Waals surface area contributed by atoms with E-state index in [4.69, 9.17) is 4.74 Å². The zero-order valence-electron chi connectivity index (χ0n) is 18.3. The van der Waals surface area contributed by atoms with E-state index >= 15 is 0 Å². The van der Waals surface area contributed by atoms with Crippen molar-refractivity contribution in [3.05, 3.63) is 90.0 Å². The Kier molecular flexibility index (Phi) is 6.85. The molecule has 0 spiro atoms. The average Bonchev–Trinajstić information content (AvgIpc) is 2.85. The molecule has 0 unspecified atom stereocenters. The maximum absolute atomic E-state index is 12.9. The van der Waals surface area contributed by atoms with Gasteiger partial charge in [0.05, 0.1) is 13.5 Å². The molecule has 1 fully saturated rings. The molecule has 0 aliphatic carbocycles. The fraction of sp³-hybridized carbons (Fsp3) is 0.259. The van der Waals surface area contributed by atoms with Gasteiger partial charge in [-0.3, -0.25) is 9.59 Å². The summed E-state index contributed by atoms with van der Waals surface area (Å²) in [6.45, 7) is 1.29. The molecule has 3 aromatic carbocycles. The monoisotopic (exact) mass is 428 g/mol. The number of nitrogens with one attached hydrogen (secondary N) is 1. The Bertz CT molecular complexity index is 1040. The molecule has 164 valence electrons. The molecular formula is C27H28N2O3. The largest absolute Gasteiger partial charge is 0.497 e. The maximum atomic E-state index is 12.9. The lowest BCUT2D eigenvalue weighted by Crippen LogP contribution is -2.46. The van der Waals surface area contributed by atoms with Crippen molar-refractivity contribution < 1.29 is 14.3 Å². The van der Waals surface area contributed by atoms with Crippen molar-refractivity contribution in [2.75, 3.05) is 20.2 Å². The van der Waals surface area contributed by atoms with Crippen molar-refractivity contribution in [1.29, 1.82) is 0 Å². The number of carbonyl (C=O) groups excluding carboxylic acids is 2. The van der Waals surface area contributed by atoms with Crippen molar-refractivity contribution in [2.45, 2.75) is 25.3 Å². The standard InChI is InChI=1S/C27H28N2O3/c1-32-25-13-7-20(8-14-25)19-26(30)28-24-15-17-29(18-16-24)27(31)23-11-9-22(10-12-23)21-5-3-2-4-6-21/h2-14,24H,15-19H2,1H3,(H,28,30). The minimum Gasteiger partial charge on any atom is -0.497 e. The van der Waals surface area contributed by atoms with Gasteiger partial charge < -0.3 is 15.0 Å². The van der Waals surface area contributed by atoms with E-state index in [1.54, 1.807) is 7.11 Å². The number of hydrogen-bond donors (Lipinski definition) is 1. The van der Waals surface area contributed by atoms with Crippen LogP contribution in [0.2, 0.25) is 0 Å². The first-order chi connectivity index (χ1) is 15.6. The second-order valence-electron chi connectivity index (χ2n) is 8.10. The number of amides is 2. The number of piperidine rings is 1. The molecule has 0 saturated carbocycles. The molecule has 5 nitrogen and oxygen atoms in total. The molecule has 1 heterocycles. The predicted octanol–water partition coefficient (Wildman–Crippen LogP) is 4.33. The van der Waals surface area contributed by atoms with E-state index in [0.29, 0.717) is 25.1 Å². The first-order valence-corrected chi connectivity index (χ1v) is 11.0. The Morgan fingerprint density at radius 3 is 2.12 bits per heavy atom. The van der Waals surface area contributed by atoms with Crippen LogP contribution < -0.4 is 10.1 Å². The quantitative estimate of drug-likeness (QED) is 0.636. The van der Waals surface area contributed by atoms with Gasteiger partial charge in [-0.2, -0.15) is 0 Å². The lowest BCUT2D eigenvalue weighted by Gasteiger charge is -2.32. The second kappa shape index (κ2) is 10.1. The third-order valence-electron chi connectivity index (χ3n) is 5.91. The van der Waals surface area contributed by atoms with E-state index in [2.05, 4.69) is 17.4 Å². The molecule has 1 aliphatic rings. The van der Waals surface area contributed by atoms with E-state index in [0.717, 1.165) is 35.3 Å². The number of ether oxygens (including phenoxy) is 1. The number of carbonyl (C=O) groups is 2. The van der Waals surface area contributed by atoms with Gasteiger partial charge in [-0.15, -0.1) is 0 Å². The van der Waals surface area contributed by atoms with Crippen LogP contribution in [0, 0.1) is 0 Å². The summed E-state index contributed by atoms with van der Waals surface area (Å²) in [6.07, 6.45) is 1.88. The number of nitrogens with zero attached hydrogens (tertiary/aromatic N) is 1. The van der Waals surface area contributed by atoms with Crippen LogP contribution in [0.1, 0.15) is 28.8 Å². The highest BCUT2D eigenvalue weighted by molar-refractivity contribution is 5.94. The van der Waals surface area contributed by atoms with Gasteiger partial charge in [0.2, 0.25) is 5.91 Å². The normalized spacial score (nSPS) is 14.1. The van der Waals surface area contributed by atoms with Crippen LogP contribution in [-0.2, 0) is 11.2 Å². The van der Waals surface area contributed by atoms with Crippen LogP contribution in [-0.4, -0.2) is 43.0 Å². The maximum Gasteiger partial charge on any atom is 0.253 e. The first kappa shape index (κ1) is 21.6. The van der Waals surface area contributed by atoms with E-state index in [1.165, 1.54) is 0 Å². The number of likely N-dealkylation sites (tertiary alicyclic amines) is 1. The highest BCUT2D eigenvalue weighted by Gasteiger charge is 2.24. The first-order valence-electron chi connectivity index (χ1n) is 11.0. The molecule has 1 N–H and O–H groups in total. The molecule has 0 bridgehead atoms. The summed E-state index contributed by atoms with van der Waals surface area (Å²) in [7, 11) is 1.62. The molecule has 0 aromatic heterocycles. The molecule has 3 aromatic rings. The summed E-state index contributed by atoms with van der Waals surface area (Å²) in [4.78, 5) is 27.2. The summed E-state index contributed by atoms with van der Waals surface area (Å²) < 4.78 is 5.15. The highest BCUT2D eigenvalue weighted by Crippen LogP contribution is 2.21. The predicted molar refractivity (Wildman–Crippen MR) is 126 cm³/mol. The second-order valence-corrected chi connectivity index (χ2v) is 8.10. The Morgan fingerprint density at radius 1 is 0.875 bits per heavy atom. The zero-order valence-corrected chi connectivity index (χ0v) is 18.3. The van der Waals surface area contributed by atoms with Crippen molar-refractivity contribution >= 4 is 11.8 Å². The van der Waals surface area contributed by atoms with Gasteiger partial charge in [-0.05, 0) is 53.8 Å². The van der Waals surface area contributed by atoms with Crippen LogP contribution in [0.5, 0.6) is 5.75 Å². The number of benzene rings is 3. The fourth-order valence-corrected chi connectivity index (χ4v) is 4.05. The van der Waals surface area contributed by atoms with Crippen LogP contribution in [0.25, 0.3) is 11.1 Å². The van der Waals surface area contributed by atoms with E-state index < -0.39 is 0 Å². The summed E-state index contributed by atoms with van der Waals surface area (Å²) in [5.41, 5.74) is 3.89. The summed E-state index contributed by atoms with van der Waals surface area (Å²) in [6, 6.07) is 25.5. The summed E-state index contributed by atoms with van der Waals surface area (Å²) in [5.74, 6) is 0.838. The molecule has 2 amide bonds. The molecular weight excluding hydrogens is 400 g/mol. The molecule has 1 aliphatic heterocycles. The Labute approximate surface area is 189 Å². The lowest BCUT2D eigenvalue weighted by molar-refractivity contribution is -0.121. The topological polar surface area (TPSA) is 58.6 Å². The van der Waals surface area contributed by atoms with Gasteiger partial charge in [-0.25, -0.2) is 0 Å². The lowest BCUT2D eigenvalue weighted by atomic mass is 10.0. The van der Waals surface area contributed by atoms with E-state index in [9.17, 15) is 9.59 Å². The number of rotatable bonds is 6. The minimum atomic E-state index is 0.0106. The van der Waals surface area contributed by atoms with Crippen LogP contribution in [0.15, 0.2) is 78.9 Å². The Morgan fingerprint density at radius 2 is 1.50 bits per heavy atom. The molecule has 32 heavy (non-hydrogen) atoms. The molecule has 0 radical (unpaired) electrons. The smallest absolute Gasteiger partial charge is 0.253 e. The van der Waals surface area contributed by atoms with E-state index in [1.807, 2.05) is 71.6 Å². The van der Waals surface area contributed by atoms with Gasteiger partial charge in [0.15, 0.2) is 0 Å². The molecule has 4 rings (SSSR count). The minimum absolute atomic E-state index is 0.0106. The van der Waals surface area contributed by atoms with Gasteiger partial charge in [0, 0.05) is 24.7 Å². The van der Waals surface area contributed by atoms with Crippen molar-refractivity contribution in [1.82, 2.24) is 10.2 Å². The fourth-order valence-electron chi connectivity index (χ4n) is 4.05. The van der Waals surface area contributed by atoms with E-state index in [-0.39, 0.29) is 17.9 Å². The number of methoxy groups -OCH3 is 1. The zero-order chi connectivity index (χ0) is 22.3. The number of hydrogen-bond acceptors (Lipinski definition) is 3. The SMILES string of the molecule is COc1ccc(CC(=O)NC2CCN(C(=O)c3ccc(-c4ccccc4)cc3)CC2)cc1.